The maximum atomic E-state index is 14.1. The average Bonchev–Trinajstić information content (AvgIpc) is 3.19. The van der Waals surface area contributed by atoms with Crippen LogP contribution in [0.4, 0.5) is 10.1 Å². The molecule has 1 saturated heterocycles. The molecule has 0 radical (unpaired) electrons. The molecule has 5 nitrogen and oxygen atoms in total. The summed E-state index contributed by atoms with van der Waals surface area (Å²) < 4.78 is 19.6. The number of carbonyl (C=O) groups excluding carboxylic acids is 1. The molecule has 36 heavy (non-hydrogen) atoms. The largest absolute Gasteiger partial charge is 0.497 e. The molecular formula is C28H30Cl2FN3O2. The Kier molecular flexibility index (Phi) is 8.18. The third-order valence-electron chi connectivity index (χ3n) is 7.10. The van der Waals surface area contributed by atoms with E-state index in [4.69, 9.17) is 27.9 Å². The van der Waals surface area contributed by atoms with Crippen LogP contribution in [0.2, 0.25) is 5.02 Å². The van der Waals surface area contributed by atoms with Gasteiger partial charge in [-0.25, -0.2) is 4.39 Å². The van der Waals surface area contributed by atoms with Crippen molar-refractivity contribution < 1.29 is 13.9 Å². The fourth-order valence-electron chi connectivity index (χ4n) is 5.03. The highest BCUT2D eigenvalue weighted by Crippen LogP contribution is 2.48. The van der Waals surface area contributed by atoms with E-state index >= 15 is 0 Å². The van der Waals surface area contributed by atoms with Crippen LogP contribution >= 0.6 is 23.2 Å². The van der Waals surface area contributed by atoms with E-state index < -0.39 is 0 Å². The monoisotopic (exact) mass is 529 g/mol. The molecule has 0 aliphatic carbocycles. The van der Waals surface area contributed by atoms with Gasteiger partial charge < -0.3 is 9.64 Å². The van der Waals surface area contributed by atoms with Gasteiger partial charge in [-0.1, -0.05) is 41.4 Å². The van der Waals surface area contributed by atoms with Gasteiger partial charge in [-0.05, 0) is 74.8 Å². The highest BCUT2D eigenvalue weighted by Gasteiger charge is 2.46. The first kappa shape index (κ1) is 26.4. The molecule has 0 bridgehead atoms. The molecule has 190 valence electrons. The number of piperidine rings is 1. The van der Waals surface area contributed by atoms with Gasteiger partial charge in [-0.15, -0.1) is 0 Å². The first-order chi connectivity index (χ1) is 17.3. The van der Waals surface area contributed by atoms with Gasteiger partial charge in [-0.2, -0.15) is 0 Å². The Morgan fingerprint density at radius 1 is 1.22 bits per heavy atom. The summed E-state index contributed by atoms with van der Waals surface area (Å²) in [6.45, 7) is 4.84. The summed E-state index contributed by atoms with van der Waals surface area (Å²) in [5.74, 6) is 0.384. The van der Waals surface area contributed by atoms with E-state index in [1.54, 1.807) is 45.4 Å². The van der Waals surface area contributed by atoms with Crippen molar-refractivity contribution in [2.24, 2.45) is 4.99 Å². The molecule has 0 aromatic heterocycles. The normalized spacial score (nSPS) is 18.2. The number of amides is 1. The Balaban J connectivity index is 1.50. The number of benzene rings is 2. The first-order valence-corrected chi connectivity index (χ1v) is 12.7. The maximum Gasteiger partial charge on any atom is 0.254 e. The van der Waals surface area contributed by atoms with Crippen molar-refractivity contribution in [3.05, 3.63) is 76.1 Å². The molecule has 2 aromatic carbocycles. The number of fused-ring (bicyclic) bond motifs is 2. The quantitative estimate of drug-likeness (QED) is 0.335. The fourth-order valence-corrected chi connectivity index (χ4v) is 5.35. The molecule has 1 spiro atoms. The molecule has 0 N–H and O–H groups in total. The second-order valence-electron chi connectivity index (χ2n) is 9.30. The molecule has 2 aliphatic rings. The number of anilines is 1. The first-order valence-electron chi connectivity index (χ1n) is 11.9. The minimum absolute atomic E-state index is 0.0737. The second-order valence-corrected chi connectivity index (χ2v) is 10.1. The zero-order chi connectivity index (χ0) is 25.9. The van der Waals surface area contributed by atoms with Crippen molar-refractivity contribution in [3.8, 4) is 5.75 Å². The van der Waals surface area contributed by atoms with Gasteiger partial charge in [0.05, 0.1) is 7.11 Å². The maximum absolute atomic E-state index is 14.1. The summed E-state index contributed by atoms with van der Waals surface area (Å²) in [5.41, 5.74) is 2.99. The van der Waals surface area contributed by atoms with Gasteiger partial charge in [0.2, 0.25) is 0 Å². The molecule has 4 rings (SSSR count). The average molecular weight is 530 g/mol. The van der Waals surface area contributed by atoms with Gasteiger partial charge >= 0.3 is 0 Å². The summed E-state index contributed by atoms with van der Waals surface area (Å²) in [5, 5.41) is 0.684. The Hall–Kier alpha value is -2.67. The van der Waals surface area contributed by atoms with E-state index in [0.29, 0.717) is 27.9 Å². The molecule has 2 heterocycles. The third kappa shape index (κ3) is 5.51. The van der Waals surface area contributed by atoms with Crippen molar-refractivity contribution >= 4 is 46.0 Å². The van der Waals surface area contributed by atoms with E-state index in [2.05, 4.69) is 16.0 Å². The van der Waals surface area contributed by atoms with Crippen molar-refractivity contribution in [3.63, 3.8) is 0 Å². The lowest BCUT2D eigenvalue weighted by atomic mass is 9.74. The zero-order valence-corrected chi connectivity index (χ0v) is 22.2. The fraction of sp³-hybridized carbons (Fsp3) is 0.357. The lowest BCUT2D eigenvalue weighted by Crippen LogP contribution is -2.46. The number of allylic oxidation sites excluding steroid dienone is 1. The summed E-state index contributed by atoms with van der Waals surface area (Å²) in [7, 11) is 3.25. The molecular weight excluding hydrogens is 500 g/mol. The minimum atomic E-state index is -0.326. The van der Waals surface area contributed by atoms with Crippen molar-refractivity contribution in [1.82, 2.24) is 4.90 Å². The molecule has 1 amide bonds. The van der Waals surface area contributed by atoms with Crippen LogP contribution in [0, 0.1) is 5.82 Å². The van der Waals surface area contributed by atoms with Gasteiger partial charge in [0.25, 0.3) is 5.91 Å². The number of halogens is 3. The van der Waals surface area contributed by atoms with Crippen LogP contribution in [0.25, 0.3) is 6.08 Å². The molecule has 2 aliphatic heterocycles. The van der Waals surface area contributed by atoms with Crippen molar-refractivity contribution in [2.75, 3.05) is 45.2 Å². The number of hydrogen-bond donors (Lipinski definition) is 0. The van der Waals surface area contributed by atoms with E-state index in [1.165, 1.54) is 6.07 Å². The van der Waals surface area contributed by atoms with Gasteiger partial charge in [-0.3, -0.25) is 14.7 Å². The number of carbonyl (C=O) groups is 1. The third-order valence-corrected chi connectivity index (χ3v) is 7.61. The summed E-state index contributed by atoms with van der Waals surface area (Å²) in [6.07, 6.45) is 7.20. The van der Waals surface area contributed by atoms with Crippen LogP contribution < -0.4 is 9.64 Å². The van der Waals surface area contributed by atoms with Crippen LogP contribution in [0.5, 0.6) is 5.75 Å². The number of nitrogens with zero attached hydrogens (tertiary/aromatic N) is 3. The summed E-state index contributed by atoms with van der Waals surface area (Å²) >= 11 is 11.9. The summed E-state index contributed by atoms with van der Waals surface area (Å²) in [6, 6.07) is 10.6. The highest BCUT2D eigenvalue weighted by molar-refractivity contribution is 6.68. The van der Waals surface area contributed by atoms with Crippen LogP contribution in [0.15, 0.2) is 59.1 Å². The van der Waals surface area contributed by atoms with Crippen LogP contribution in [-0.4, -0.2) is 56.3 Å². The Morgan fingerprint density at radius 2 is 1.97 bits per heavy atom. The predicted octanol–water partition coefficient (Wildman–Crippen LogP) is 6.09. The van der Waals surface area contributed by atoms with Crippen molar-refractivity contribution in [2.45, 2.75) is 25.2 Å². The zero-order valence-electron chi connectivity index (χ0n) is 20.7. The van der Waals surface area contributed by atoms with Crippen molar-refractivity contribution in [1.29, 1.82) is 0 Å². The van der Waals surface area contributed by atoms with E-state index in [-0.39, 0.29) is 17.1 Å². The standard InChI is InChI=1S/C28H30Cl2FN3O2/c1-19(15-26(30)32-2)27(35)34-18-28(23-17-22(36-3)8-9-25(23)34)10-13-33(14-11-28)12-4-5-20-6-7-21(29)16-24(20)31/h4-9,15-17H,10-14,18H2,1-3H3/b5-4?,19-15+,32-26?. The number of likely N-dealkylation sites (tertiary alicyclic amines) is 1. The smallest absolute Gasteiger partial charge is 0.254 e. The number of ether oxygens (including phenoxy) is 1. The molecule has 0 unspecified atom stereocenters. The van der Waals surface area contributed by atoms with E-state index in [0.717, 1.165) is 49.5 Å². The second kappa shape index (κ2) is 11.2. The number of hydrogen-bond acceptors (Lipinski definition) is 4. The molecule has 2 aromatic rings. The lowest BCUT2D eigenvalue weighted by Gasteiger charge is -2.39. The number of methoxy groups -OCH3 is 1. The van der Waals surface area contributed by atoms with E-state index in [1.807, 2.05) is 23.1 Å². The highest BCUT2D eigenvalue weighted by atomic mass is 35.5. The Bertz CT molecular complexity index is 1230. The Morgan fingerprint density at radius 3 is 2.64 bits per heavy atom. The minimum Gasteiger partial charge on any atom is -0.497 e. The molecule has 0 saturated carbocycles. The van der Waals surface area contributed by atoms with Gasteiger partial charge in [0, 0.05) is 47.4 Å². The van der Waals surface area contributed by atoms with Crippen LogP contribution in [0.3, 0.4) is 0 Å². The number of aliphatic imine (C=N–C) groups is 1. The van der Waals surface area contributed by atoms with Gasteiger partial charge in [0.15, 0.2) is 0 Å². The molecule has 1 fully saturated rings. The lowest BCUT2D eigenvalue weighted by molar-refractivity contribution is -0.115. The summed E-state index contributed by atoms with van der Waals surface area (Å²) in [4.78, 5) is 21.5. The molecule has 8 heteroatoms. The SMILES string of the molecule is CN=C(Cl)/C=C(\C)C(=O)N1CC2(CCN(CC=Cc3ccc(Cl)cc3F)CC2)c2cc(OC)ccc21. The number of rotatable bonds is 6. The predicted molar refractivity (Wildman–Crippen MR) is 146 cm³/mol. The Labute approximate surface area is 221 Å². The topological polar surface area (TPSA) is 45.1 Å². The van der Waals surface area contributed by atoms with Crippen LogP contribution in [0.1, 0.15) is 30.9 Å². The molecule has 0 atom stereocenters. The van der Waals surface area contributed by atoms with Gasteiger partial charge in [0.1, 0.15) is 16.7 Å². The van der Waals surface area contributed by atoms with E-state index in [9.17, 15) is 9.18 Å². The van der Waals surface area contributed by atoms with Crippen LogP contribution in [-0.2, 0) is 10.2 Å².